The van der Waals surface area contributed by atoms with E-state index in [1.807, 2.05) is 72.8 Å². The highest BCUT2D eigenvalue weighted by atomic mass is 16.3. The molecule has 2 heteroatoms. The monoisotopic (exact) mass is 366 g/mol. The molecule has 0 fully saturated rings. The molecule has 4 aromatic carbocycles. The van der Waals surface area contributed by atoms with Crippen LogP contribution in [0.2, 0.25) is 0 Å². The minimum absolute atomic E-state index is 0.213. The van der Waals surface area contributed by atoms with Crippen LogP contribution in [-0.4, -0.2) is 10.2 Å². The quantitative estimate of drug-likeness (QED) is 0.447. The van der Waals surface area contributed by atoms with Crippen molar-refractivity contribution in [2.24, 2.45) is 0 Å². The number of benzene rings is 4. The van der Waals surface area contributed by atoms with Crippen molar-refractivity contribution in [3.05, 3.63) is 131 Å². The molecular formula is C26H22O2. The highest BCUT2D eigenvalue weighted by Gasteiger charge is 2.40. The van der Waals surface area contributed by atoms with Crippen molar-refractivity contribution < 1.29 is 10.2 Å². The summed E-state index contributed by atoms with van der Waals surface area (Å²) in [6, 6.07) is 35.1. The highest BCUT2D eigenvalue weighted by molar-refractivity contribution is 5.59. The van der Waals surface area contributed by atoms with Crippen LogP contribution in [0.3, 0.4) is 0 Å². The summed E-state index contributed by atoms with van der Waals surface area (Å²) in [7, 11) is 0. The number of rotatable bonds is 5. The molecule has 0 unspecified atom stereocenters. The van der Waals surface area contributed by atoms with Gasteiger partial charge < -0.3 is 10.2 Å². The molecule has 0 aromatic heterocycles. The fraction of sp³-hybridized carbons (Fsp3) is 0.0769. The van der Waals surface area contributed by atoms with Crippen molar-refractivity contribution in [1.29, 1.82) is 0 Å². The smallest absolute Gasteiger partial charge is 0.120 e. The van der Waals surface area contributed by atoms with Crippen LogP contribution in [0, 0.1) is 0 Å². The second-order valence-electron chi connectivity index (χ2n) is 6.97. The van der Waals surface area contributed by atoms with Gasteiger partial charge in [-0.1, -0.05) is 97.1 Å². The fourth-order valence-electron chi connectivity index (χ4n) is 4.04. The van der Waals surface area contributed by atoms with E-state index in [2.05, 4.69) is 24.3 Å². The van der Waals surface area contributed by atoms with E-state index in [1.165, 1.54) is 0 Å². The Bertz CT molecular complexity index is 1010. The molecule has 0 amide bonds. The molecule has 4 rings (SSSR count). The number of hydrogen-bond acceptors (Lipinski definition) is 2. The standard InChI is InChI=1S/C26H22O2/c27-24-17-9-7-15-22(24)26(21-13-5-2-6-14-21,19-20-11-3-1-4-12-20)23-16-8-10-18-25(23)28/h1-18,27-28H,19H2. The Hall–Kier alpha value is -3.52. The highest BCUT2D eigenvalue weighted by Crippen LogP contribution is 2.48. The van der Waals surface area contributed by atoms with Gasteiger partial charge in [-0.05, 0) is 29.7 Å². The van der Waals surface area contributed by atoms with Crippen molar-refractivity contribution in [2.75, 3.05) is 0 Å². The van der Waals surface area contributed by atoms with Crippen molar-refractivity contribution in [1.82, 2.24) is 0 Å². The first-order valence-electron chi connectivity index (χ1n) is 9.38. The molecule has 2 nitrogen and oxygen atoms in total. The maximum Gasteiger partial charge on any atom is 0.120 e. The lowest BCUT2D eigenvalue weighted by atomic mass is 9.65. The average molecular weight is 366 g/mol. The summed E-state index contributed by atoms with van der Waals surface area (Å²) in [4.78, 5) is 0. The molecule has 0 saturated carbocycles. The Morgan fingerprint density at radius 3 is 1.43 bits per heavy atom. The van der Waals surface area contributed by atoms with Gasteiger partial charge in [0.2, 0.25) is 0 Å². The first-order chi connectivity index (χ1) is 13.7. The zero-order chi connectivity index (χ0) is 19.4. The number of phenols is 2. The molecule has 0 heterocycles. The van der Waals surface area contributed by atoms with Gasteiger partial charge in [-0.3, -0.25) is 0 Å². The second kappa shape index (κ2) is 7.61. The molecule has 0 radical (unpaired) electrons. The van der Waals surface area contributed by atoms with Crippen molar-refractivity contribution in [2.45, 2.75) is 11.8 Å². The average Bonchev–Trinajstić information content (AvgIpc) is 2.74. The number of phenolic OH excluding ortho intramolecular Hbond substituents is 2. The van der Waals surface area contributed by atoms with Gasteiger partial charge in [0.1, 0.15) is 11.5 Å². The minimum atomic E-state index is -0.737. The van der Waals surface area contributed by atoms with Crippen LogP contribution in [0.25, 0.3) is 0 Å². The second-order valence-corrected chi connectivity index (χ2v) is 6.97. The normalized spacial score (nSPS) is 11.3. The van der Waals surface area contributed by atoms with Gasteiger partial charge in [-0.25, -0.2) is 0 Å². The minimum Gasteiger partial charge on any atom is -0.508 e. The maximum absolute atomic E-state index is 10.9. The molecule has 28 heavy (non-hydrogen) atoms. The fourth-order valence-corrected chi connectivity index (χ4v) is 4.04. The first-order valence-corrected chi connectivity index (χ1v) is 9.38. The molecule has 0 aliphatic heterocycles. The van der Waals surface area contributed by atoms with E-state index >= 15 is 0 Å². The maximum atomic E-state index is 10.9. The molecule has 138 valence electrons. The summed E-state index contributed by atoms with van der Waals surface area (Å²) in [6.07, 6.45) is 0.604. The Morgan fingerprint density at radius 2 is 0.929 bits per heavy atom. The van der Waals surface area contributed by atoms with E-state index in [1.54, 1.807) is 12.1 Å². The van der Waals surface area contributed by atoms with E-state index in [-0.39, 0.29) is 11.5 Å². The number of para-hydroxylation sites is 2. The first kappa shape index (κ1) is 17.9. The summed E-state index contributed by atoms with van der Waals surface area (Å²) >= 11 is 0. The third-order valence-electron chi connectivity index (χ3n) is 5.31. The van der Waals surface area contributed by atoms with Gasteiger partial charge in [0.15, 0.2) is 0 Å². The van der Waals surface area contributed by atoms with Gasteiger partial charge in [0, 0.05) is 11.1 Å². The molecule has 0 bridgehead atoms. The summed E-state index contributed by atoms with van der Waals surface area (Å²) in [5, 5.41) is 21.7. The van der Waals surface area contributed by atoms with Crippen LogP contribution in [-0.2, 0) is 11.8 Å². The molecule has 0 aliphatic carbocycles. The molecule has 0 spiro atoms. The SMILES string of the molecule is Oc1ccccc1C(Cc1ccccc1)(c1ccccc1)c1ccccc1O. The van der Waals surface area contributed by atoms with Gasteiger partial charge in [-0.15, -0.1) is 0 Å². The lowest BCUT2D eigenvalue weighted by Gasteiger charge is -2.37. The van der Waals surface area contributed by atoms with Gasteiger partial charge in [0.05, 0.1) is 5.41 Å². The van der Waals surface area contributed by atoms with E-state index in [0.717, 1.165) is 22.3 Å². The number of aromatic hydroxyl groups is 2. The van der Waals surface area contributed by atoms with Crippen LogP contribution in [0.5, 0.6) is 11.5 Å². The molecule has 0 aliphatic rings. The van der Waals surface area contributed by atoms with E-state index in [0.29, 0.717) is 6.42 Å². The van der Waals surface area contributed by atoms with Crippen molar-refractivity contribution >= 4 is 0 Å². The van der Waals surface area contributed by atoms with Crippen LogP contribution in [0.4, 0.5) is 0 Å². The Morgan fingerprint density at radius 1 is 0.500 bits per heavy atom. The van der Waals surface area contributed by atoms with E-state index < -0.39 is 5.41 Å². The predicted molar refractivity (Wildman–Crippen MR) is 113 cm³/mol. The number of hydrogen-bond donors (Lipinski definition) is 2. The van der Waals surface area contributed by atoms with Gasteiger partial charge in [-0.2, -0.15) is 0 Å². The molecule has 0 atom stereocenters. The van der Waals surface area contributed by atoms with Crippen LogP contribution < -0.4 is 0 Å². The predicted octanol–water partition coefficient (Wildman–Crippen LogP) is 5.67. The Labute approximate surface area is 165 Å². The topological polar surface area (TPSA) is 40.5 Å². The lowest BCUT2D eigenvalue weighted by Crippen LogP contribution is -2.32. The van der Waals surface area contributed by atoms with E-state index in [4.69, 9.17) is 0 Å². The third-order valence-corrected chi connectivity index (χ3v) is 5.31. The van der Waals surface area contributed by atoms with Crippen molar-refractivity contribution in [3.63, 3.8) is 0 Å². The molecular weight excluding hydrogens is 344 g/mol. The largest absolute Gasteiger partial charge is 0.508 e. The zero-order valence-corrected chi connectivity index (χ0v) is 15.5. The van der Waals surface area contributed by atoms with Crippen LogP contribution in [0.15, 0.2) is 109 Å². The molecule has 4 aromatic rings. The lowest BCUT2D eigenvalue weighted by molar-refractivity contribution is 0.433. The van der Waals surface area contributed by atoms with E-state index in [9.17, 15) is 10.2 Å². The summed E-state index contributed by atoms with van der Waals surface area (Å²) in [6.45, 7) is 0. The molecule has 2 N–H and O–H groups in total. The third kappa shape index (κ3) is 3.14. The Kier molecular flexibility index (Phi) is 4.86. The summed E-state index contributed by atoms with van der Waals surface area (Å²) in [5.74, 6) is 0.427. The van der Waals surface area contributed by atoms with Gasteiger partial charge >= 0.3 is 0 Å². The zero-order valence-electron chi connectivity index (χ0n) is 15.5. The molecule has 0 saturated heterocycles. The van der Waals surface area contributed by atoms with Crippen LogP contribution in [0.1, 0.15) is 22.3 Å². The van der Waals surface area contributed by atoms with Gasteiger partial charge in [0.25, 0.3) is 0 Å². The summed E-state index contributed by atoms with van der Waals surface area (Å²) < 4.78 is 0. The van der Waals surface area contributed by atoms with Crippen molar-refractivity contribution in [3.8, 4) is 11.5 Å². The Balaban J connectivity index is 2.08. The summed E-state index contributed by atoms with van der Waals surface area (Å²) in [5.41, 5.74) is 2.94. The van der Waals surface area contributed by atoms with Crippen LogP contribution >= 0.6 is 0 Å².